The molecule has 1 heterocycles. The zero-order valence-electron chi connectivity index (χ0n) is 19.6. The normalized spacial score (nSPS) is 14.8. The Labute approximate surface area is 202 Å². The summed E-state index contributed by atoms with van der Waals surface area (Å²) in [6, 6.07) is 14.8. The van der Waals surface area contributed by atoms with E-state index in [0.29, 0.717) is 5.69 Å². The van der Waals surface area contributed by atoms with Crippen LogP contribution in [0.3, 0.4) is 0 Å². The number of carboxylic acids is 1. The van der Waals surface area contributed by atoms with Gasteiger partial charge in [-0.2, -0.15) is 0 Å². The predicted molar refractivity (Wildman–Crippen MR) is 129 cm³/mol. The number of imidazole rings is 1. The Bertz CT molecular complexity index is 1180. The fourth-order valence-corrected chi connectivity index (χ4v) is 4.30. The van der Waals surface area contributed by atoms with Crippen LogP contribution in [0.4, 0.5) is 4.79 Å². The van der Waals surface area contributed by atoms with E-state index in [-0.39, 0.29) is 25.4 Å². The van der Waals surface area contributed by atoms with Crippen molar-refractivity contribution < 1.29 is 24.2 Å². The van der Waals surface area contributed by atoms with Crippen LogP contribution >= 0.6 is 0 Å². The Hall–Kier alpha value is -4.14. The van der Waals surface area contributed by atoms with Crippen LogP contribution in [-0.2, 0) is 20.7 Å². The summed E-state index contributed by atoms with van der Waals surface area (Å²) in [7, 11) is 0. The molecule has 3 aromatic rings. The van der Waals surface area contributed by atoms with Gasteiger partial charge in [-0.3, -0.25) is 4.79 Å². The molecule has 1 aliphatic rings. The maximum Gasteiger partial charge on any atom is 0.408 e. The smallest absolute Gasteiger partial charge is 0.408 e. The van der Waals surface area contributed by atoms with Gasteiger partial charge in [-0.25, -0.2) is 14.6 Å². The van der Waals surface area contributed by atoms with Gasteiger partial charge >= 0.3 is 12.1 Å². The molecule has 1 aliphatic carbocycles. The summed E-state index contributed by atoms with van der Waals surface area (Å²) >= 11 is 0. The van der Waals surface area contributed by atoms with Crippen molar-refractivity contribution in [3.63, 3.8) is 0 Å². The van der Waals surface area contributed by atoms with Crippen molar-refractivity contribution in [1.82, 2.24) is 20.6 Å². The quantitative estimate of drug-likeness (QED) is 0.375. The number of nitrogens with zero attached hydrogens (tertiary/aromatic N) is 1. The monoisotopic (exact) mass is 476 g/mol. The molecule has 35 heavy (non-hydrogen) atoms. The molecule has 2 atom stereocenters. The molecule has 0 spiro atoms. The number of aromatic amines is 1. The lowest BCUT2D eigenvalue weighted by Crippen LogP contribution is -2.59. The molecule has 4 rings (SSSR count). The Kier molecular flexibility index (Phi) is 6.86. The topological polar surface area (TPSA) is 133 Å². The number of H-pyrrole nitrogens is 1. The first kappa shape index (κ1) is 24.0. The van der Waals surface area contributed by atoms with E-state index < -0.39 is 29.6 Å². The van der Waals surface area contributed by atoms with Gasteiger partial charge in [-0.05, 0) is 35.6 Å². The number of carbonyl (C=O) groups is 3. The van der Waals surface area contributed by atoms with Crippen LogP contribution < -0.4 is 10.6 Å². The van der Waals surface area contributed by atoms with Gasteiger partial charge in [0.05, 0.1) is 6.33 Å². The lowest BCUT2D eigenvalue weighted by Gasteiger charge is -2.29. The highest BCUT2D eigenvalue weighted by Crippen LogP contribution is 2.44. The van der Waals surface area contributed by atoms with Gasteiger partial charge in [-0.15, -0.1) is 0 Å². The number of aromatic nitrogens is 2. The lowest BCUT2D eigenvalue weighted by atomic mass is 9.97. The standard InChI is InChI=1S/C26H28N4O5/c1-3-26(2,24(33)29-22(23(31)32)12-16-13-27-15-28-16)30-25(34)35-14-21-19-10-6-4-8-17(19)18-9-5-7-11-20(18)21/h4-11,13,15,21-22H,3,12,14H2,1-2H3,(H,27,28)(H,29,33)(H,30,34)(H,31,32). The molecule has 182 valence electrons. The number of rotatable bonds is 9. The van der Waals surface area contributed by atoms with Crippen LogP contribution in [0.1, 0.15) is 43.0 Å². The van der Waals surface area contributed by atoms with Crippen LogP contribution in [0.15, 0.2) is 61.1 Å². The second-order valence-corrected chi connectivity index (χ2v) is 8.78. The second kappa shape index (κ2) is 10.0. The number of amides is 2. The number of aliphatic carboxylic acids is 1. The van der Waals surface area contributed by atoms with Crippen LogP contribution in [-0.4, -0.2) is 51.2 Å². The molecule has 0 bridgehead atoms. The predicted octanol–water partition coefficient (Wildman–Crippen LogP) is 3.23. The second-order valence-electron chi connectivity index (χ2n) is 8.78. The van der Waals surface area contributed by atoms with Crippen molar-refractivity contribution in [2.45, 2.75) is 44.2 Å². The van der Waals surface area contributed by atoms with E-state index in [0.717, 1.165) is 22.3 Å². The van der Waals surface area contributed by atoms with Crippen molar-refractivity contribution in [2.24, 2.45) is 0 Å². The van der Waals surface area contributed by atoms with E-state index in [1.54, 1.807) is 13.8 Å². The third-order valence-corrected chi connectivity index (χ3v) is 6.51. The number of hydrogen-bond donors (Lipinski definition) is 4. The number of alkyl carbamates (subject to hydrolysis) is 1. The maximum atomic E-state index is 13.0. The number of nitrogens with one attached hydrogen (secondary N) is 3. The summed E-state index contributed by atoms with van der Waals surface area (Å²) in [4.78, 5) is 44.1. The van der Waals surface area contributed by atoms with E-state index in [1.807, 2.05) is 36.4 Å². The van der Waals surface area contributed by atoms with E-state index in [4.69, 9.17) is 4.74 Å². The first-order valence-electron chi connectivity index (χ1n) is 11.5. The average molecular weight is 477 g/mol. The molecule has 9 heteroatoms. The van der Waals surface area contributed by atoms with Gasteiger partial charge in [0.15, 0.2) is 0 Å². The molecule has 2 unspecified atom stereocenters. The number of benzene rings is 2. The molecule has 0 aliphatic heterocycles. The van der Waals surface area contributed by atoms with E-state index >= 15 is 0 Å². The molecular formula is C26H28N4O5. The van der Waals surface area contributed by atoms with Crippen LogP contribution in [0.25, 0.3) is 11.1 Å². The highest BCUT2D eigenvalue weighted by atomic mass is 16.5. The zero-order valence-corrected chi connectivity index (χ0v) is 19.6. The van der Waals surface area contributed by atoms with Crippen LogP contribution in [0, 0.1) is 0 Å². The van der Waals surface area contributed by atoms with Gasteiger partial charge in [0.25, 0.3) is 0 Å². The summed E-state index contributed by atoms with van der Waals surface area (Å²) in [5.74, 6) is -1.91. The van der Waals surface area contributed by atoms with Gasteiger partial charge in [0, 0.05) is 24.2 Å². The minimum Gasteiger partial charge on any atom is -0.480 e. The molecule has 0 fully saturated rings. The minimum atomic E-state index is -1.36. The number of fused-ring (bicyclic) bond motifs is 3. The lowest BCUT2D eigenvalue weighted by molar-refractivity contribution is -0.142. The van der Waals surface area contributed by atoms with Crippen LogP contribution in [0.2, 0.25) is 0 Å². The van der Waals surface area contributed by atoms with Gasteiger partial charge in [-0.1, -0.05) is 55.5 Å². The number of carbonyl (C=O) groups excluding carboxylic acids is 2. The average Bonchev–Trinajstić information content (AvgIpc) is 3.48. The summed E-state index contributed by atoms with van der Waals surface area (Å²) in [5.41, 5.74) is 3.62. The highest BCUT2D eigenvalue weighted by molar-refractivity contribution is 5.92. The Morgan fingerprint density at radius 2 is 1.74 bits per heavy atom. The molecule has 4 N–H and O–H groups in total. The zero-order chi connectivity index (χ0) is 25.0. The van der Waals surface area contributed by atoms with E-state index in [9.17, 15) is 19.5 Å². The first-order valence-corrected chi connectivity index (χ1v) is 11.5. The Balaban J connectivity index is 1.41. The largest absolute Gasteiger partial charge is 0.480 e. The van der Waals surface area contributed by atoms with E-state index in [1.165, 1.54) is 12.5 Å². The molecule has 9 nitrogen and oxygen atoms in total. The highest BCUT2D eigenvalue weighted by Gasteiger charge is 2.37. The fourth-order valence-electron chi connectivity index (χ4n) is 4.30. The number of carboxylic acid groups (broad SMARTS) is 1. The molecule has 2 amide bonds. The Morgan fingerprint density at radius 1 is 1.11 bits per heavy atom. The fraction of sp³-hybridized carbons (Fsp3) is 0.308. The number of hydrogen-bond acceptors (Lipinski definition) is 5. The van der Waals surface area contributed by atoms with E-state index in [2.05, 4.69) is 32.7 Å². The van der Waals surface area contributed by atoms with Crippen molar-refractivity contribution >= 4 is 18.0 Å². The number of ether oxygens (including phenoxy) is 1. The van der Waals surface area contributed by atoms with Crippen molar-refractivity contribution in [1.29, 1.82) is 0 Å². The molecule has 1 aromatic heterocycles. The molecular weight excluding hydrogens is 448 g/mol. The van der Waals surface area contributed by atoms with Gasteiger partial charge < -0.3 is 25.5 Å². The van der Waals surface area contributed by atoms with Gasteiger partial charge in [0.1, 0.15) is 18.2 Å². The van der Waals surface area contributed by atoms with Crippen molar-refractivity contribution in [3.8, 4) is 11.1 Å². The van der Waals surface area contributed by atoms with Crippen molar-refractivity contribution in [3.05, 3.63) is 77.9 Å². The summed E-state index contributed by atoms with van der Waals surface area (Å²) in [6.45, 7) is 3.38. The maximum absolute atomic E-state index is 13.0. The summed E-state index contributed by atoms with van der Waals surface area (Å²) in [6.07, 6.45) is 2.46. The van der Waals surface area contributed by atoms with Crippen LogP contribution in [0.5, 0.6) is 0 Å². The Morgan fingerprint density at radius 3 is 2.29 bits per heavy atom. The third-order valence-electron chi connectivity index (χ3n) is 6.51. The van der Waals surface area contributed by atoms with Crippen molar-refractivity contribution in [2.75, 3.05) is 6.61 Å². The SMILES string of the molecule is CCC(C)(NC(=O)OCC1c2ccccc2-c2ccccc21)C(=O)NC(Cc1cnc[nH]1)C(=O)O. The third kappa shape index (κ3) is 5.03. The molecule has 0 radical (unpaired) electrons. The first-order chi connectivity index (χ1) is 16.8. The molecule has 0 saturated carbocycles. The molecule has 0 saturated heterocycles. The van der Waals surface area contributed by atoms with Gasteiger partial charge in [0.2, 0.25) is 5.91 Å². The summed E-state index contributed by atoms with van der Waals surface area (Å²) < 4.78 is 5.57. The summed E-state index contributed by atoms with van der Waals surface area (Å²) in [5, 5.41) is 14.7. The minimum absolute atomic E-state index is 0.0335. The molecule has 2 aromatic carbocycles.